The molecule has 21 heavy (non-hydrogen) atoms. The monoisotopic (exact) mass is 299 g/mol. The summed E-state index contributed by atoms with van der Waals surface area (Å²) in [5, 5.41) is 2.39. The molecule has 0 saturated carbocycles. The van der Waals surface area contributed by atoms with Crippen molar-refractivity contribution in [2.45, 2.75) is 0 Å². The fourth-order valence-corrected chi connectivity index (χ4v) is 2.38. The van der Waals surface area contributed by atoms with Gasteiger partial charge in [0.2, 0.25) is 11.0 Å². The number of pyridine rings is 1. The molecule has 6 heteroatoms. The summed E-state index contributed by atoms with van der Waals surface area (Å²) in [4.78, 5) is 12.2. The van der Waals surface area contributed by atoms with Gasteiger partial charge in [-0.15, -0.1) is 11.3 Å². The summed E-state index contributed by atoms with van der Waals surface area (Å²) in [6, 6.07) is 9.76. The highest BCUT2D eigenvalue weighted by Gasteiger charge is 2.13. The number of rotatable bonds is 4. The first-order valence-electron chi connectivity index (χ1n) is 6.08. The van der Waals surface area contributed by atoms with Crippen molar-refractivity contribution >= 4 is 23.2 Å². The lowest BCUT2D eigenvalue weighted by Gasteiger charge is -2.08. The van der Waals surface area contributed by atoms with Crippen molar-refractivity contribution in [2.75, 3.05) is 0 Å². The molecule has 0 bridgehead atoms. The van der Waals surface area contributed by atoms with E-state index in [-0.39, 0.29) is 5.75 Å². The lowest BCUT2D eigenvalue weighted by Crippen LogP contribution is -1.93. The fraction of sp³-hybridized carbons (Fsp3) is 0. The van der Waals surface area contributed by atoms with Crippen LogP contribution >= 0.6 is 11.3 Å². The van der Waals surface area contributed by atoms with E-state index in [4.69, 9.17) is 4.74 Å². The van der Waals surface area contributed by atoms with Gasteiger partial charge in [0.1, 0.15) is 0 Å². The first-order valence-corrected chi connectivity index (χ1v) is 6.96. The van der Waals surface area contributed by atoms with E-state index in [2.05, 4.69) is 21.7 Å². The van der Waals surface area contributed by atoms with Gasteiger partial charge in [0.15, 0.2) is 11.6 Å². The van der Waals surface area contributed by atoms with Crippen LogP contribution in [-0.4, -0.2) is 16.7 Å². The van der Waals surface area contributed by atoms with Crippen LogP contribution < -0.4 is 4.74 Å². The van der Waals surface area contributed by atoms with Gasteiger partial charge in [0.25, 0.3) is 0 Å². The van der Waals surface area contributed by atoms with Gasteiger partial charge >= 0.3 is 0 Å². The molecular weight excluding hydrogens is 289 g/mol. The molecule has 0 radical (unpaired) electrons. The summed E-state index contributed by atoms with van der Waals surface area (Å²) < 4.78 is 19.2. The summed E-state index contributed by atoms with van der Waals surface area (Å²) >= 11 is 1.36. The Morgan fingerprint density at radius 2 is 2.05 bits per heavy atom. The molecule has 3 rings (SSSR count). The van der Waals surface area contributed by atoms with Crippen LogP contribution in [0.15, 0.2) is 53.0 Å². The van der Waals surface area contributed by atoms with Crippen LogP contribution in [0.25, 0.3) is 11.3 Å². The second-order valence-corrected chi connectivity index (χ2v) is 4.90. The van der Waals surface area contributed by atoms with Crippen LogP contribution in [0.1, 0.15) is 0 Å². The maximum atomic E-state index is 13.7. The first kappa shape index (κ1) is 13.4. The number of para-hydroxylation sites is 1. The fourth-order valence-electron chi connectivity index (χ4n) is 1.76. The smallest absolute Gasteiger partial charge is 0.228 e. The average Bonchev–Trinajstić information content (AvgIpc) is 2.99. The molecule has 2 aromatic heterocycles. The number of hydrogen-bond donors (Lipinski definition) is 0. The van der Waals surface area contributed by atoms with Gasteiger partial charge in [-0.05, 0) is 31.0 Å². The van der Waals surface area contributed by atoms with Gasteiger partial charge in [-0.2, -0.15) is 0 Å². The number of benzene rings is 1. The highest BCUT2D eigenvalue weighted by Crippen LogP contribution is 2.34. The molecular formula is C15H10FN3OS. The molecule has 0 aliphatic rings. The zero-order valence-corrected chi connectivity index (χ0v) is 11.7. The predicted molar refractivity (Wildman–Crippen MR) is 81.0 cm³/mol. The lowest BCUT2D eigenvalue weighted by atomic mass is 10.2. The summed E-state index contributed by atoms with van der Waals surface area (Å²) in [6.07, 6.45) is 1.58. The van der Waals surface area contributed by atoms with E-state index in [0.29, 0.717) is 22.3 Å². The number of aliphatic imine (C=N–C) groups is 1. The molecule has 0 atom stereocenters. The molecule has 0 unspecified atom stereocenters. The first-order chi connectivity index (χ1) is 10.3. The van der Waals surface area contributed by atoms with Crippen molar-refractivity contribution in [3.63, 3.8) is 0 Å². The minimum Gasteiger partial charge on any atom is -0.435 e. The van der Waals surface area contributed by atoms with E-state index in [0.717, 1.165) is 0 Å². The third-order valence-electron chi connectivity index (χ3n) is 2.72. The van der Waals surface area contributed by atoms with Gasteiger partial charge in [-0.3, -0.25) is 0 Å². The molecule has 2 heterocycles. The molecule has 4 nitrogen and oxygen atoms in total. The largest absolute Gasteiger partial charge is 0.435 e. The Morgan fingerprint density at radius 3 is 2.81 bits per heavy atom. The summed E-state index contributed by atoms with van der Waals surface area (Å²) in [5.74, 6) is -0.0286. The standard InChI is InChI=1S/C15H10FN3OS/c1-17-15-19-12(9-21-15)10-5-4-8-18-14(10)20-13-7-3-2-6-11(13)16/h2-9H,1H2. The van der Waals surface area contributed by atoms with E-state index in [1.165, 1.54) is 17.4 Å². The Kier molecular flexibility index (Phi) is 3.70. The molecule has 0 saturated heterocycles. The van der Waals surface area contributed by atoms with Crippen molar-refractivity contribution in [2.24, 2.45) is 4.99 Å². The molecule has 0 fully saturated rings. The van der Waals surface area contributed by atoms with Gasteiger partial charge in [-0.25, -0.2) is 19.4 Å². The van der Waals surface area contributed by atoms with Crippen LogP contribution in [0.4, 0.5) is 9.52 Å². The zero-order chi connectivity index (χ0) is 14.7. The van der Waals surface area contributed by atoms with Crippen molar-refractivity contribution in [3.05, 3.63) is 53.8 Å². The normalized spacial score (nSPS) is 10.3. The second kappa shape index (κ2) is 5.80. The summed E-state index contributed by atoms with van der Waals surface area (Å²) in [5.41, 5.74) is 1.34. The average molecular weight is 299 g/mol. The van der Waals surface area contributed by atoms with Crippen molar-refractivity contribution in [3.8, 4) is 22.9 Å². The Bertz CT molecular complexity index is 788. The molecule has 1 aromatic carbocycles. The van der Waals surface area contributed by atoms with Crippen LogP contribution in [-0.2, 0) is 0 Å². The number of hydrogen-bond acceptors (Lipinski definition) is 5. The third kappa shape index (κ3) is 2.80. The Morgan fingerprint density at radius 1 is 1.19 bits per heavy atom. The lowest BCUT2D eigenvalue weighted by molar-refractivity contribution is 0.429. The van der Waals surface area contributed by atoms with Crippen LogP contribution in [0.2, 0.25) is 0 Å². The highest BCUT2D eigenvalue weighted by molar-refractivity contribution is 7.13. The number of aromatic nitrogens is 2. The maximum absolute atomic E-state index is 13.7. The minimum atomic E-state index is -0.444. The highest BCUT2D eigenvalue weighted by atomic mass is 32.1. The maximum Gasteiger partial charge on any atom is 0.228 e. The molecule has 0 spiro atoms. The second-order valence-electron chi connectivity index (χ2n) is 4.06. The van der Waals surface area contributed by atoms with Gasteiger partial charge in [0, 0.05) is 11.6 Å². The topological polar surface area (TPSA) is 47.4 Å². The van der Waals surface area contributed by atoms with Crippen LogP contribution in [0.5, 0.6) is 11.6 Å². The molecule has 0 amide bonds. The van der Waals surface area contributed by atoms with E-state index in [1.807, 2.05) is 11.4 Å². The van der Waals surface area contributed by atoms with Crippen molar-refractivity contribution in [1.29, 1.82) is 0 Å². The summed E-state index contributed by atoms with van der Waals surface area (Å²) in [6.45, 7) is 3.44. The van der Waals surface area contributed by atoms with Crippen LogP contribution in [0.3, 0.4) is 0 Å². The number of nitrogens with zero attached hydrogens (tertiary/aromatic N) is 3. The SMILES string of the molecule is C=Nc1nc(-c2cccnc2Oc2ccccc2F)cs1. The van der Waals surface area contributed by atoms with Crippen molar-refractivity contribution in [1.82, 2.24) is 9.97 Å². The minimum absolute atomic E-state index is 0.120. The Labute approximate surface area is 124 Å². The Hall–Kier alpha value is -2.60. The molecule has 0 aliphatic heterocycles. The van der Waals surface area contributed by atoms with E-state index in [9.17, 15) is 4.39 Å². The van der Waals surface area contributed by atoms with Crippen molar-refractivity contribution < 1.29 is 9.13 Å². The third-order valence-corrected chi connectivity index (χ3v) is 3.49. The number of thiazole rings is 1. The molecule has 3 aromatic rings. The Balaban J connectivity index is 2.00. The van der Waals surface area contributed by atoms with Gasteiger partial charge in [-0.1, -0.05) is 12.1 Å². The molecule has 0 aliphatic carbocycles. The zero-order valence-electron chi connectivity index (χ0n) is 10.9. The number of halogens is 1. The van der Waals surface area contributed by atoms with E-state index in [1.54, 1.807) is 30.5 Å². The van der Waals surface area contributed by atoms with E-state index >= 15 is 0 Å². The van der Waals surface area contributed by atoms with Gasteiger partial charge in [0.05, 0.1) is 11.3 Å². The van der Waals surface area contributed by atoms with Crippen LogP contribution in [0, 0.1) is 5.82 Å². The molecule has 0 N–H and O–H groups in total. The summed E-state index contributed by atoms with van der Waals surface area (Å²) in [7, 11) is 0. The quantitative estimate of drug-likeness (QED) is 0.668. The number of ether oxygens (including phenoxy) is 1. The molecule has 104 valence electrons. The van der Waals surface area contributed by atoms with Gasteiger partial charge < -0.3 is 4.74 Å². The van der Waals surface area contributed by atoms with E-state index < -0.39 is 5.82 Å². The predicted octanol–water partition coefficient (Wildman–Crippen LogP) is 4.47.